The normalized spacial score (nSPS) is 13.6. The van der Waals surface area contributed by atoms with Gasteiger partial charge in [-0.2, -0.15) is 4.98 Å². The van der Waals surface area contributed by atoms with Crippen molar-refractivity contribution in [1.29, 1.82) is 0 Å². The maximum absolute atomic E-state index is 12.4. The molecule has 2 aromatic rings. The molecule has 0 aliphatic carbocycles. The highest BCUT2D eigenvalue weighted by molar-refractivity contribution is 5.99. The first-order valence-corrected chi connectivity index (χ1v) is 7.33. The monoisotopic (exact) mass is 303 g/mol. The van der Waals surface area contributed by atoms with E-state index in [1.807, 2.05) is 13.0 Å². The molecule has 2 N–H and O–H groups in total. The Hall–Kier alpha value is -2.21. The van der Waals surface area contributed by atoms with Gasteiger partial charge in [-0.05, 0) is 38.3 Å². The molecular weight excluding hydrogens is 282 g/mol. The smallest absolute Gasteiger partial charge is 0.258 e. The van der Waals surface area contributed by atoms with E-state index in [0.717, 1.165) is 0 Å². The molecule has 2 atom stereocenters. The number of aryl methyl sites for hydroxylation is 1. The minimum atomic E-state index is -0.374. The molecule has 2 unspecified atom stereocenters. The van der Waals surface area contributed by atoms with Crippen molar-refractivity contribution in [3.05, 3.63) is 35.7 Å². The van der Waals surface area contributed by atoms with Gasteiger partial charge in [0, 0.05) is 6.54 Å². The summed E-state index contributed by atoms with van der Waals surface area (Å²) < 4.78 is 5.15. The van der Waals surface area contributed by atoms with Gasteiger partial charge in [0.2, 0.25) is 0 Å². The van der Waals surface area contributed by atoms with Crippen LogP contribution in [0.4, 0.5) is 0 Å². The number of nitrogens with zero attached hydrogens (tertiary/aromatic N) is 2. The topological polar surface area (TPSA) is 88.2 Å². The number of aromatic nitrogens is 2. The number of aliphatic hydroxyl groups excluding tert-OH is 1. The molecule has 22 heavy (non-hydrogen) atoms. The fourth-order valence-corrected chi connectivity index (χ4v) is 2.30. The van der Waals surface area contributed by atoms with Crippen LogP contribution in [0.1, 0.15) is 36.5 Å². The number of carbonyl (C=O) groups excluding carboxylic acids is 1. The SMILES string of the molecule is Cc1noc(-c2ccccc2C(=O)NCC(C)CC(C)O)n1. The molecule has 1 heterocycles. The fraction of sp³-hybridized carbons (Fsp3) is 0.438. The van der Waals surface area contributed by atoms with E-state index in [4.69, 9.17) is 4.52 Å². The summed E-state index contributed by atoms with van der Waals surface area (Å²) >= 11 is 0. The fourth-order valence-electron chi connectivity index (χ4n) is 2.30. The van der Waals surface area contributed by atoms with E-state index in [9.17, 15) is 9.90 Å². The van der Waals surface area contributed by atoms with Crippen LogP contribution in [-0.2, 0) is 0 Å². The van der Waals surface area contributed by atoms with Crippen molar-refractivity contribution in [1.82, 2.24) is 15.5 Å². The van der Waals surface area contributed by atoms with Gasteiger partial charge in [-0.1, -0.05) is 24.2 Å². The number of hydrogen-bond donors (Lipinski definition) is 2. The maximum atomic E-state index is 12.4. The van der Waals surface area contributed by atoms with Crippen molar-refractivity contribution < 1.29 is 14.4 Å². The summed E-state index contributed by atoms with van der Waals surface area (Å²) in [7, 11) is 0. The molecule has 0 saturated heterocycles. The average molecular weight is 303 g/mol. The number of hydrogen-bond acceptors (Lipinski definition) is 5. The largest absolute Gasteiger partial charge is 0.393 e. The van der Waals surface area contributed by atoms with Crippen LogP contribution in [0.5, 0.6) is 0 Å². The minimum Gasteiger partial charge on any atom is -0.393 e. The molecule has 0 saturated carbocycles. The van der Waals surface area contributed by atoms with E-state index in [1.54, 1.807) is 32.0 Å². The van der Waals surface area contributed by atoms with Crippen LogP contribution >= 0.6 is 0 Å². The summed E-state index contributed by atoms with van der Waals surface area (Å²) in [6.45, 7) is 5.96. The van der Waals surface area contributed by atoms with Gasteiger partial charge in [-0.3, -0.25) is 4.79 Å². The molecule has 0 bridgehead atoms. The van der Waals surface area contributed by atoms with Crippen molar-refractivity contribution in [2.24, 2.45) is 5.92 Å². The second-order valence-electron chi connectivity index (χ2n) is 5.59. The second kappa shape index (κ2) is 7.17. The molecule has 1 aromatic heterocycles. The Morgan fingerprint density at radius 3 is 2.73 bits per heavy atom. The van der Waals surface area contributed by atoms with Crippen molar-refractivity contribution in [3.63, 3.8) is 0 Å². The molecule has 2 rings (SSSR count). The summed E-state index contributed by atoms with van der Waals surface area (Å²) in [4.78, 5) is 16.5. The summed E-state index contributed by atoms with van der Waals surface area (Å²) in [5, 5.41) is 16.0. The number of rotatable bonds is 6. The van der Waals surface area contributed by atoms with E-state index in [1.165, 1.54) is 0 Å². The second-order valence-corrected chi connectivity index (χ2v) is 5.59. The molecule has 0 fully saturated rings. The molecule has 0 radical (unpaired) electrons. The van der Waals surface area contributed by atoms with Crippen molar-refractivity contribution >= 4 is 5.91 Å². The van der Waals surface area contributed by atoms with Gasteiger partial charge in [0.05, 0.1) is 17.2 Å². The number of nitrogens with one attached hydrogen (secondary N) is 1. The van der Waals surface area contributed by atoms with Crippen LogP contribution < -0.4 is 5.32 Å². The lowest BCUT2D eigenvalue weighted by Crippen LogP contribution is -2.29. The van der Waals surface area contributed by atoms with Gasteiger partial charge in [0.25, 0.3) is 11.8 Å². The number of benzene rings is 1. The zero-order valence-electron chi connectivity index (χ0n) is 13.0. The summed E-state index contributed by atoms with van der Waals surface area (Å²) in [6, 6.07) is 7.12. The lowest BCUT2D eigenvalue weighted by atomic mass is 10.0. The highest BCUT2D eigenvalue weighted by Gasteiger charge is 2.17. The lowest BCUT2D eigenvalue weighted by Gasteiger charge is -2.14. The third kappa shape index (κ3) is 4.14. The van der Waals surface area contributed by atoms with Crippen LogP contribution in [0.3, 0.4) is 0 Å². The summed E-state index contributed by atoms with van der Waals surface area (Å²) in [6.07, 6.45) is 0.269. The summed E-state index contributed by atoms with van der Waals surface area (Å²) in [5.74, 6) is 0.863. The first-order chi connectivity index (χ1) is 10.5. The minimum absolute atomic E-state index is 0.191. The quantitative estimate of drug-likeness (QED) is 0.854. The maximum Gasteiger partial charge on any atom is 0.258 e. The van der Waals surface area contributed by atoms with E-state index in [2.05, 4.69) is 15.5 Å². The Morgan fingerprint density at radius 1 is 1.36 bits per heavy atom. The van der Waals surface area contributed by atoms with Crippen LogP contribution in [0, 0.1) is 12.8 Å². The average Bonchev–Trinajstić information content (AvgIpc) is 2.90. The first-order valence-electron chi connectivity index (χ1n) is 7.33. The lowest BCUT2D eigenvalue weighted by molar-refractivity contribution is 0.0939. The van der Waals surface area contributed by atoms with Crippen molar-refractivity contribution in [2.75, 3.05) is 6.54 Å². The third-order valence-electron chi connectivity index (χ3n) is 3.28. The molecule has 1 amide bonds. The van der Waals surface area contributed by atoms with Crippen LogP contribution in [0.2, 0.25) is 0 Å². The molecule has 0 aliphatic rings. The third-order valence-corrected chi connectivity index (χ3v) is 3.28. The molecule has 118 valence electrons. The Morgan fingerprint density at radius 2 is 2.09 bits per heavy atom. The highest BCUT2D eigenvalue weighted by atomic mass is 16.5. The Kier molecular flexibility index (Phi) is 5.27. The van der Waals surface area contributed by atoms with Crippen molar-refractivity contribution in [3.8, 4) is 11.5 Å². The Bertz CT molecular complexity index is 637. The molecule has 0 spiro atoms. The van der Waals surface area contributed by atoms with Crippen LogP contribution in [0.15, 0.2) is 28.8 Å². The van der Waals surface area contributed by atoms with Crippen molar-refractivity contribution in [2.45, 2.75) is 33.3 Å². The zero-order chi connectivity index (χ0) is 16.1. The summed E-state index contributed by atoms with van der Waals surface area (Å²) in [5.41, 5.74) is 1.11. The number of aliphatic hydroxyl groups is 1. The number of carbonyl (C=O) groups is 1. The van der Waals surface area contributed by atoms with E-state index >= 15 is 0 Å². The predicted molar refractivity (Wildman–Crippen MR) is 82.3 cm³/mol. The van der Waals surface area contributed by atoms with E-state index in [-0.39, 0.29) is 17.9 Å². The van der Waals surface area contributed by atoms with E-state index in [0.29, 0.717) is 35.8 Å². The van der Waals surface area contributed by atoms with Gasteiger partial charge in [0.1, 0.15) is 0 Å². The van der Waals surface area contributed by atoms with Gasteiger partial charge in [-0.25, -0.2) is 0 Å². The first kappa shape index (κ1) is 16.2. The Labute approximate surface area is 129 Å². The molecule has 0 aliphatic heterocycles. The van der Waals surface area contributed by atoms with Gasteiger partial charge in [-0.15, -0.1) is 0 Å². The van der Waals surface area contributed by atoms with Gasteiger partial charge < -0.3 is 14.9 Å². The van der Waals surface area contributed by atoms with E-state index < -0.39 is 0 Å². The molecule has 6 nitrogen and oxygen atoms in total. The van der Waals surface area contributed by atoms with Crippen LogP contribution in [0.25, 0.3) is 11.5 Å². The zero-order valence-corrected chi connectivity index (χ0v) is 13.0. The predicted octanol–water partition coefficient (Wildman–Crippen LogP) is 2.18. The molecule has 1 aromatic carbocycles. The molecule has 6 heteroatoms. The van der Waals surface area contributed by atoms with Crippen LogP contribution in [-0.4, -0.2) is 33.8 Å². The van der Waals surface area contributed by atoms with Gasteiger partial charge >= 0.3 is 0 Å². The Balaban J connectivity index is 2.10. The molecular formula is C16H21N3O3. The number of amides is 1. The van der Waals surface area contributed by atoms with Gasteiger partial charge in [0.15, 0.2) is 5.82 Å². The highest BCUT2D eigenvalue weighted by Crippen LogP contribution is 2.21. The standard InChI is InChI=1S/C16H21N3O3/c1-10(8-11(2)20)9-17-15(21)13-6-4-5-7-14(13)16-18-12(3)19-22-16/h4-7,10-11,20H,8-9H2,1-3H3,(H,17,21).